The smallest absolute Gasteiger partial charge is 0.216 e. The Morgan fingerprint density at radius 3 is 2.71 bits per heavy atom. The van der Waals surface area contributed by atoms with Crippen LogP contribution >= 0.6 is 22.9 Å². The lowest BCUT2D eigenvalue weighted by atomic mass is 10.2. The molecule has 0 aliphatic heterocycles. The highest BCUT2D eigenvalue weighted by atomic mass is 35.5. The minimum atomic E-state index is 0.471. The maximum atomic E-state index is 5.87. The van der Waals surface area contributed by atoms with Gasteiger partial charge in [0.25, 0.3) is 0 Å². The molecule has 0 saturated heterocycles. The van der Waals surface area contributed by atoms with Crippen molar-refractivity contribution in [2.75, 3.05) is 0 Å². The zero-order valence-electron chi connectivity index (χ0n) is 8.80. The number of fused-ring (bicyclic) bond motifs is 1. The van der Waals surface area contributed by atoms with E-state index >= 15 is 0 Å². The topological polar surface area (TPSA) is 56.2 Å². The number of nitrogens with two attached hydrogens (primary N) is 1. The molecule has 0 aliphatic carbocycles. The molecule has 1 aromatic carbocycles. The van der Waals surface area contributed by atoms with Crippen molar-refractivity contribution in [3.63, 3.8) is 0 Å². The summed E-state index contributed by atoms with van der Waals surface area (Å²) in [6.07, 6.45) is 0. The van der Waals surface area contributed by atoms with Gasteiger partial charge < -0.3 is 5.73 Å². The van der Waals surface area contributed by atoms with Crippen molar-refractivity contribution in [2.45, 2.75) is 6.54 Å². The molecule has 6 heteroatoms. The molecule has 4 nitrogen and oxygen atoms in total. The van der Waals surface area contributed by atoms with E-state index in [1.165, 1.54) is 0 Å². The number of rotatable bonds is 2. The van der Waals surface area contributed by atoms with Crippen molar-refractivity contribution in [3.8, 4) is 11.4 Å². The van der Waals surface area contributed by atoms with Crippen molar-refractivity contribution in [1.82, 2.24) is 14.6 Å². The van der Waals surface area contributed by atoms with E-state index in [1.807, 2.05) is 34.0 Å². The van der Waals surface area contributed by atoms with Crippen LogP contribution in [0.5, 0.6) is 0 Å². The van der Waals surface area contributed by atoms with Crippen LogP contribution in [0, 0.1) is 0 Å². The number of thiazole rings is 1. The molecule has 2 aromatic heterocycles. The largest absolute Gasteiger partial charge is 0.325 e. The van der Waals surface area contributed by atoms with Crippen LogP contribution < -0.4 is 5.73 Å². The van der Waals surface area contributed by atoms with Crippen LogP contribution in [-0.2, 0) is 6.54 Å². The summed E-state index contributed by atoms with van der Waals surface area (Å²) in [5, 5.41) is 11.0. The molecule has 0 saturated carbocycles. The Morgan fingerprint density at radius 1 is 1.24 bits per heavy atom. The van der Waals surface area contributed by atoms with Crippen LogP contribution in [0.1, 0.15) is 5.69 Å². The van der Waals surface area contributed by atoms with Gasteiger partial charge in [0.05, 0.1) is 5.69 Å². The van der Waals surface area contributed by atoms with E-state index in [9.17, 15) is 0 Å². The molecule has 0 spiro atoms. The van der Waals surface area contributed by atoms with Gasteiger partial charge in [0, 0.05) is 22.5 Å². The Morgan fingerprint density at radius 2 is 2.00 bits per heavy atom. The summed E-state index contributed by atoms with van der Waals surface area (Å²) in [5.74, 6) is 0.804. The summed E-state index contributed by atoms with van der Waals surface area (Å²) in [5.41, 5.74) is 7.70. The number of hydrogen-bond acceptors (Lipinski definition) is 4. The maximum absolute atomic E-state index is 5.87. The third kappa shape index (κ3) is 1.72. The predicted molar refractivity (Wildman–Crippen MR) is 69.2 cm³/mol. The molecular formula is C11H9ClN4S. The van der Waals surface area contributed by atoms with Crippen LogP contribution in [0.3, 0.4) is 0 Å². The first-order valence-corrected chi connectivity index (χ1v) is 6.33. The van der Waals surface area contributed by atoms with Gasteiger partial charge in [-0.25, -0.2) is 0 Å². The van der Waals surface area contributed by atoms with Crippen LogP contribution in [0.15, 0.2) is 29.6 Å². The van der Waals surface area contributed by atoms with Crippen molar-refractivity contribution < 1.29 is 0 Å². The first-order valence-electron chi connectivity index (χ1n) is 5.07. The first-order chi connectivity index (χ1) is 8.29. The molecule has 0 amide bonds. The van der Waals surface area contributed by atoms with Crippen LogP contribution in [0.2, 0.25) is 5.02 Å². The molecule has 17 heavy (non-hydrogen) atoms. The highest BCUT2D eigenvalue weighted by molar-refractivity contribution is 7.15. The lowest BCUT2D eigenvalue weighted by molar-refractivity contribution is 0.962. The van der Waals surface area contributed by atoms with E-state index in [-0.39, 0.29) is 0 Å². The second-order valence-electron chi connectivity index (χ2n) is 3.58. The lowest BCUT2D eigenvalue weighted by Gasteiger charge is -2.00. The van der Waals surface area contributed by atoms with Gasteiger partial charge in [-0.15, -0.1) is 21.5 Å². The SMILES string of the molecule is NCc1csc2nnc(-c3ccc(Cl)cc3)n12. The second-order valence-corrected chi connectivity index (χ2v) is 4.85. The van der Waals surface area contributed by atoms with Crippen LogP contribution in [-0.4, -0.2) is 14.6 Å². The average Bonchev–Trinajstić information content (AvgIpc) is 2.91. The fraction of sp³-hybridized carbons (Fsp3) is 0.0909. The normalized spacial score (nSPS) is 11.2. The third-order valence-corrected chi connectivity index (χ3v) is 3.65. The van der Waals surface area contributed by atoms with Gasteiger partial charge in [0.1, 0.15) is 0 Å². The molecule has 0 fully saturated rings. The van der Waals surface area contributed by atoms with E-state index in [2.05, 4.69) is 10.2 Å². The summed E-state index contributed by atoms with van der Waals surface area (Å²) in [6, 6.07) is 7.53. The zero-order chi connectivity index (χ0) is 11.8. The third-order valence-electron chi connectivity index (χ3n) is 2.53. The van der Waals surface area contributed by atoms with Crippen molar-refractivity contribution >= 4 is 27.9 Å². The van der Waals surface area contributed by atoms with E-state index in [0.29, 0.717) is 11.6 Å². The van der Waals surface area contributed by atoms with Gasteiger partial charge in [-0.1, -0.05) is 11.6 Å². The predicted octanol–water partition coefficient (Wildman–Crippen LogP) is 2.57. The number of benzene rings is 1. The fourth-order valence-corrected chi connectivity index (χ4v) is 2.67. The summed E-state index contributed by atoms with van der Waals surface area (Å²) >= 11 is 7.41. The molecule has 2 heterocycles. The number of halogens is 1. The molecule has 3 aromatic rings. The van der Waals surface area contributed by atoms with Crippen LogP contribution in [0.4, 0.5) is 0 Å². The summed E-state index contributed by atoms with van der Waals surface area (Å²) in [4.78, 5) is 0.857. The Hall–Kier alpha value is -1.43. The molecule has 0 unspecified atom stereocenters. The first kappa shape index (κ1) is 10.7. The van der Waals surface area contributed by atoms with Gasteiger partial charge in [-0.3, -0.25) is 4.40 Å². The second kappa shape index (κ2) is 4.10. The molecule has 86 valence electrons. The highest BCUT2D eigenvalue weighted by Gasteiger charge is 2.12. The molecule has 2 N–H and O–H groups in total. The van der Waals surface area contributed by atoms with Gasteiger partial charge >= 0.3 is 0 Å². The van der Waals surface area contributed by atoms with Crippen molar-refractivity contribution in [1.29, 1.82) is 0 Å². The molecule has 0 radical (unpaired) electrons. The molecule has 0 aliphatic rings. The number of aromatic nitrogens is 3. The Kier molecular flexibility index (Phi) is 2.58. The van der Waals surface area contributed by atoms with E-state index in [4.69, 9.17) is 17.3 Å². The van der Waals surface area contributed by atoms with Crippen molar-refractivity contribution in [3.05, 3.63) is 40.4 Å². The maximum Gasteiger partial charge on any atom is 0.216 e. The zero-order valence-corrected chi connectivity index (χ0v) is 10.4. The van der Waals surface area contributed by atoms with Gasteiger partial charge in [-0.05, 0) is 24.3 Å². The summed E-state index contributed by atoms with van der Waals surface area (Å²) < 4.78 is 1.98. The fourth-order valence-electron chi connectivity index (χ4n) is 1.70. The minimum absolute atomic E-state index is 0.471. The lowest BCUT2D eigenvalue weighted by Crippen LogP contribution is -2.01. The Balaban J connectivity index is 2.22. The molecule has 3 rings (SSSR count). The van der Waals surface area contributed by atoms with Crippen molar-refractivity contribution in [2.24, 2.45) is 5.73 Å². The summed E-state index contributed by atoms with van der Waals surface area (Å²) in [7, 11) is 0. The standard InChI is InChI=1S/C11H9ClN4S/c12-8-3-1-7(2-4-8)10-14-15-11-16(10)9(5-13)6-17-11/h1-4,6H,5,13H2. The van der Waals surface area contributed by atoms with E-state index in [0.717, 1.165) is 22.0 Å². The average molecular weight is 265 g/mol. The molecule has 0 bridgehead atoms. The molecule has 0 atom stereocenters. The van der Waals surface area contributed by atoms with Crippen LogP contribution in [0.25, 0.3) is 16.3 Å². The van der Waals surface area contributed by atoms with Gasteiger partial charge in [0.15, 0.2) is 5.82 Å². The van der Waals surface area contributed by atoms with E-state index < -0.39 is 0 Å². The highest BCUT2D eigenvalue weighted by Crippen LogP contribution is 2.24. The van der Waals surface area contributed by atoms with Gasteiger partial charge in [0.2, 0.25) is 4.96 Å². The summed E-state index contributed by atoms with van der Waals surface area (Å²) in [6.45, 7) is 0.471. The monoisotopic (exact) mass is 264 g/mol. The quantitative estimate of drug-likeness (QED) is 0.774. The number of nitrogens with zero attached hydrogens (tertiary/aromatic N) is 3. The Labute approximate surface area is 107 Å². The van der Waals surface area contributed by atoms with E-state index in [1.54, 1.807) is 11.3 Å². The van der Waals surface area contributed by atoms with Gasteiger partial charge in [-0.2, -0.15) is 0 Å². The number of hydrogen-bond donors (Lipinski definition) is 1. The minimum Gasteiger partial charge on any atom is -0.325 e. The Bertz CT molecular complexity index is 656. The molecular weight excluding hydrogens is 256 g/mol.